The Bertz CT molecular complexity index is 1100. The van der Waals surface area contributed by atoms with Gasteiger partial charge in [0.2, 0.25) is 5.91 Å². The second-order valence-electron chi connectivity index (χ2n) is 9.86. The van der Waals surface area contributed by atoms with Gasteiger partial charge in [-0.15, -0.1) is 11.6 Å². The van der Waals surface area contributed by atoms with Crippen LogP contribution < -0.4 is 4.90 Å². The number of hydrogen-bond acceptors (Lipinski definition) is 4. The summed E-state index contributed by atoms with van der Waals surface area (Å²) in [6, 6.07) is 8.11. The number of carboxylic acid groups (broad SMARTS) is 1. The molecule has 7 nitrogen and oxygen atoms in total. The summed E-state index contributed by atoms with van der Waals surface area (Å²) < 4.78 is 14.2. The van der Waals surface area contributed by atoms with Crippen molar-refractivity contribution in [2.45, 2.75) is 44.7 Å². The zero-order chi connectivity index (χ0) is 24.6. The number of alkyl halides is 1. The van der Waals surface area contributed by atoms with Crippen molar-refractivity contribution < 1.29 is 19.1 Å². The smallest absolute Gasteiger partial charge is 0.407 e. The first kappa shape index (κ1) is 24.4. The highest BCUT2D eigenvalue weighted by molar-refractivity contribution is 6.18. The number of halogens is 2. The summed E-state index contributed by atoms with van der Waals surface area (Å²) in [7, 11) is 0. The Morgan fingerprint density at radius 3 is 2.68 bits per heavy atom. The van der Waals surface area contributed by atoms with Crippen molar-refractivity contribution in [3.8, 4) is 0 Å². The average Bonchev–Trinajstić information content (AvgIpc) is 3.05. The van der Waals surface area contributed by atoms with Gasteiger partial charge in [-0.05, 0) is 30.2 Å². The van der Waals surface area contributed by atoms with Crippen LogP contribution in [0.4, 0.5) is 14.9 Å². The van der Waals surface area contributed by atoms with E-state index in [4.69, 9.17) is 11.6 Å². The molecule has 9 heteroatoms. The van der Waals surface area contributed by atoms with Crippen LogP contribution in [0.2, 0.25) is 0 Å². The van der Waals surface area contributed by atoms with Gasteiger partial charge >= 0.3 is 6.09 Å². The predicted octanol–water partition coefficient (Wildman–Crippen LogP) is 3.73. The molecule has 1 N–H and O–H groups in total. The van der Waals surface area contributed by atoms with Gasteiger partial charge in [0.05, 0.1) is 17.9 Å². The van der Waals surface area contributed by atoms with E-state index in [1.807, 2.05) is 17.9 Å². The SMILES string of the molecule is C[C@@H]1CN(CC(=O)N2CC(C)(C)c3ncc(Cc4ccccc4F)cc32)[C@@H](CCl)CN1C(=O)O. The van der Waals surface area contributed by atoms with E-state index < -0.39 is 6.09 Å². The van der Waals surface area contributed by atoms with E-state index in [0.29, 0.717) is 25.1 Å². The van der Waals surface area contributed by atoms with Crippen LogP contribution in [0, 0.1) is 5.82 Å². The fourth-order valence-corrected chi connectivity index (χ4v) is 5.23. The highest BCUT2D eigenvalue weighted by Gasteiger charge is 2.41. The normalized spacial score (nSPS) is 22.0. The molecule has 0 radical (unpaired) electrons. The lowest BCUT2D eigenvalue weighted by Gasteiger charge is -2.43. The van der Waals surface area contributed by atoms with Gasteiger partial charge in [-0.1, -0.05) is 32.0 Å². The second-order valence-corrected chi connectivity index (χ2v) is 10.2. The molecule has 1 saturated heterocycles. The number of aromatic nitrogens is 1. The third-order valence-electron chi connectivity index (χ3n) is 6.78. The zero-order valence-electron chi connectivity index (χ0n) is 19.7. The molecule has 1 fully saturated rings. The Hall–Kier alpha value is -2.71. The standard InChI is InChI=1S/C25H30ClFN4O3/c1-16-12-29(19(10-26)13-30(16)24(33)34)14-22(32)31-15-25(2,3)23-21(31)9-17(11-28-23)8-18-6-4-5-7-20(18)27/h4-7,9,11,16,19H,8,10,12-15H2,1-3H3,(H,33,34)/t16-,19+/m1/s1. The van der Waals surface area contributed by atoms with Crippen molar-refractivity contribution in [2.75, 3.05) is 37.0 Å². The first-order chi connectivity index (χ1) is 16.1. The van der Waals surface area contributed by atoms with E-state index in [1.165, 1.54) is 11.0 Å². The van der Waals surface area contributed by atoms with Crippen molar-refractivity contribution in [3.05, 3.63) is 59.2 Å². The van der Waals surface area contributed by atoms with E-state index in [-0.39, 0.29) is 48.2 Å². The summed E-state index contributed by atoms with van der Waals surface area (Å²) >= 11 is 6.15. The molecule has 34 heavy (non-hydrogen) atoms. The molecule has 2 atom stereocenters. The topological polar surface area (TPSA) is 77.0 Å². The Morgan fingerprint density at radius 1 is 1.26 bits per heavy atom. The third kappa shape index (κ3) is 4.74. The molecule has 0 spiro atoms. The first-order valence-corrected chi connectivity index (χ1v) is 12.0. The average molecular weight is 489 g/mol. The van der Waals surface area contributed by atoms with Gasteiger partial charge in [-0.25, -0.2) is 9.18 Å². The molecular formula is C25H30ClFN4O3. The molecular weight excluding hydrogens is 459 g/mol. The summed E-state index contributed by atoms with van der Waals surface area (Å²) in [5, 5.41) is 9.44. The molecule has 1 aromatic carbocycles. The molecule has 4 rings (SSSR count). The minimum Gasteiger partial charge on any atom is -0.465 e. The number of piperazine rings is 1. The minimum absolute atomic E-state index is 0.0808. The van der Waals surface area contributed by atoms with Gasteiger partial charge in [-0.2, -0.15) is 0 Å². The fraction of sp³-hybridized carbons (Fsp3) is 0.480. The summed E-state index contributed by atoms with van der Waals surface area (Å²) in [6.07, 6.45) is 1.17. The number of pyridine rings is 1. The number of nitrogens with zero attached hydrogens (tertiary/aromatic N) is 4. The fourth-order valence-electron chi connectivity index (χ4n) is 4.93. The maximum Gasteiger partial charge on any atom is 0.407 e. The van der Waals surface area contributed by atoms with Gasteiger partial charge in [0.15, 0.2) is 0 Å². The molecule has 3 heterocycles. The van der Waals surface area contributed by atoms with Crippen molar-refractivity contribution >= 4 is 29.3 Å². The molecule has 0 bridgehead atoms. The number of carbonyl (C=O) groups excluding carboxylic acids is 1. The number of benzene rings is 1. The third-order valence-corrected chi connectivity index (χ3v) is 7.14. The lowest BCUT2D eigenvalue weighted by molar-refractivity contribution is -0.121. The van der Waals surface area contributed by atoms with E-state index >= 15 is 0 Å². The van der Waals surface area contributed by atoms with Crippen molar-refractivity contribution in [3.63, 3.8) is 0 Å². The Kier molecular flexibility index (Phi) is 6.82. The van der Waals surface area contributed by atoms with Crippen LogP contribution in [-0.4, -0.2) is 76.0 Å². The van der Waals surface area contributed by atoms with Crippen LogP contribution in [0.15, 0.2) is 36.5 Å². The number of carbonyl (C=O) groups is 2. The molecule has 2 aliphatic rings. The number of fused-ring (bicyclic) bond motifs is 1. The van der Waals surface area contributed by atoms with Crippen LogP contribution in [0.1, 0.15) is 37.6 Å². The van der Waals surface area contributed by atoms with E-state index in [2.05, 4.69) is 18.8 Å². The monoisotopic (exact) mass is 488 g/mol. The first-order valence-electron chi connectivity index (χ1n) is 11.4. The molecule has 2 amide bonds. The maximum atomic E-state index is 14.2. The number of hydrogen-bond donors (Lipinski definition) is 1. The van der Waals surface area contributed by atoms with Crippen LogP contribution >= 0.6 is 11.6 Å². The van der Waals surface area contributed by atoms with Gasteiger partial charge in [0.25, 0.3) is 0 Å². The molecule has 0 saturated carbocycles. The van der Waals surface area contributed by atoms with Gasteiger partial charge in [0.1, 0.15) is 5.82 Å². The molecule has 0 unspecified atom stereocenters. The van der Waals surface area contributed by atoms with Crippen molar-refractivity contribution in [1.29, 1.82) is 0 Å². The van der Waals surface area contributed by atoms with Crippen LogP contribution in [0.3, 0.4) is 0 Å². The molecule has 2 aliphatic heterocycles. The lowest BCUT2D eigenvalue weighted by Crippen LogP contribution is -2.61. The predicted molar refractivity (Wildman–Crippen MR) is 129 cm³/mol. The lowest BCUT2D eigenvalue weighted by atomic mass is 9.91. The number of rotatable bonds is 5. The molecule has 0 aliphatic carbocycles. The van der Waals surface area contributed by atoms with Crippen LogP contribution in [0.25, 0.3) is 0 Å². The quantitative estimate of drug-likeness (QED) is 0.649. The van der Waals surface area contributed by atoms with Gasteiger partial charge in [0, 0.05) is 55.6 Å². The second kappa shape index (κ2) is 9.50. The van der Waals surface area contributed by atoms with Crippen molar-refractivity contribution in [2.24, 2.45) is 0 Å². The van der Waals surface area contributed by atoms with E-state index in [1.54, 1.807) is 29.3 Å². The maximum absolute atomic E-state index is 14.2. The van der Waals surface area contributed by atoms with Crippen LogP contribution in [-0.2, 0) is 16.6 Å². The number of amides is 2. The largest absolute Gasteiger partial charge is 0.465 e. The number of anilines is 1. The zero-order valence-corrected chi connectivity index (χ0v) is 20.4. The summed E-state index contributed by atoms with van der Waals surface area (Å²) in [4.78, 5) is 34.8. The summed E-state index contributed by atoms with van der Waals surface area (Å²) in [5.74, 6) is -0.110. The van der Waals surface area contributed by atoms with Crippen LogP contribution in [0.5, 0.6) is 0 Å². The van der Waals surface area contributed by atoms with E-state index in [9.17, 15) is 19.1 Å². The van der Waals surface area contributed by atoms with Gasteiger partial charge in [-0.3, -0.25) is 14.7 Å². The summed E-state index contributed by atoms with van der Waals surface area (Å²) in [5.41, 5.74) is 2.69. The molecule has 2 aromatic rings. The minimum atomic E-state index is -0.975. The molecule has 1 aromatic heterocycles. The Labute approximate surface area is 204 Å². The van der Waals surface area contributed by atoms with Gasteiger partial charge < -0.3 is 14.9 Å². The Balaban J connectivity index is 1.55. The highest BCUT2D eigenvalue weighted by atomic mass is 35.5. The van der Waals surface area contributed by atoms with E-state index in [0.717, 1.165) is 16.9 Å². The Morgan fingerprint density at radius 2 is 2.00 bits per heavy atom. The molecule has 182 valence electrons. The summed E-state index contributed by atoms with van der Waals surface area (Å²) in [6.45, 7) is 7.28. The highest BCUT2D eigenvalue weighted by Crippen LogP contribution is 2.40. The van der Waals surface area contributed by atoms with Crippen molar-refractivity contribution in [1.82, 2.24) is 14.8 Å².